The molecule has 2 aromatic rings. The minimum atomic E-state index is -0.641. The first-order valence-electron chi connectivity index (χ1n) is 7.23. The molecule has 2 rings (SSSR count). The molecule has 0 saturated carbocycles. The number of rotatable bonds is 3. The van der Waals surface area contributed by atoms with E-state index >= 15 is 0 Å². The van der Waals surface area contributed by atoms with Crippen LogP contribution in [0.3, 0.4) is 0 Å². The molecule has 0 atom stereocenters. The number of hydrogen-bond donors (Lipinski definition) is 0. The maximum Gasteiger partial charge on any atom is 0.416 e. The lowest BCUT2D eigenvalue weighted by Gasteiger charge is -2.25. The molecule has 2 aromatic heterocycles. The lowest BCUT2D eigenvalue weighted by Crippen LogP contribution is -2.37. The van der Waals surface area contributed by atoms with Gasteiger partial charge in [-0.15, -0.1) is 6.42 Å². The van der Waals surface area contributed by atoms with E-state index in [0.717, 1.165) is 6.20 Å². The first-order chi connectivity index (χ1) is 11.2. The number of anilines is 1. The van der Waals surface area contributed by atoms with Gasteiger partial charge in [0.15, 0.2) is 0 Å². The topological polar surface area (TPSA) is 55.3 Å². The van der Waals surface area contributed by atoms with E-state index in [1.54, 1.807) is 27.7 Å². The van der Waals surface area contributed by atoms with Crippen molar-refractivity contribution in [1.82, 2.24) is 9.97 Å². The standard InChI is InChI=1S/C17H18FN3O2S/c1-6-7-21(16(22)23-17(3,4)5)15-11(2)20-14(24-15)12-8-13(18)10-19-9-12/h1,8-10H,7H2,2-5H3. The number of carbonyl (C=O) groups is 1. The fraction of sp³-hybridized carbons (Fsp3) is 0.353. The first-order valence-corrected chi connectivity index (χ1v) is 8.05. The van der Waals surface area contributed by atoms with Gasteiger partial charge in [0, 0.05) is 11.8 Å². The maximum atomic E-state index is 13.4. The van der Waals surface area contributed by atoms with Gasteiger partial charge in [-0.25, -0.2) is 14.2 Å². The van der Waals surface area contributed by atoms with Gasteiger partial charge in [0.05, 0.1) is 18.4 Å². The predicted octanol–water partition coefficient (Wildman–Crippen LogP) is 4.03. The Balaban J connectivity index is 2.38. The van der Waals surface area contributed by atoms with Gasteiger partial charge in [-0.1, -0.05) is 17.3 Å². The van der Waals surface area contributed by atoms with Gasteiger partial charge in [0.1, 0.15) is 21.4 Å². The second-order valence-electron chi connectivity index (χ2n) is 6.07. The lowest BCUT2D eigenvalue weighted by molar-refractivity contribution is 0.0585. The molecule has 0 bridgehead atoms. The van der Waals surface area contributed by atoms with Gasteiger partial charge in [-0.05, 0) is 33.8 Å². The van der Waals surface area contributed by atoms with E-state index in [0.29, 0.717) is 21.3 Å². The van der Waals surface area contributed by atoms with Crippen LogP contribution in [0.5, 0.6) is 0 Å². The van der Waals surface area contributed by atoms with Crippen LogP contribution in [0.4, 0.5) is 14.2 Å². The Morgan fingerprint density at radius 2 is 2.17 bits per heavy atom. The Kier molecular flexibility index (Phi) is 5.20. The summed E-state index contributed by atoms with van der Waals surface area (Å²) < 4.78 is 18.8. The van der Waals surface area contributed by atoms with Crippen molar-refractivity contribution in [2.45, 2.75) is 33.3 Å². The summed E-state index contributed by atoms with van der Waals surface area (Å²) in [4.78, 5) is 22.0. The highest BCUT2D eigenvalue weighted by atomic mass is 32.1. The summed E-state index contributed by atoms with van der Waals surface area (Å²) in [5, 5.41) is 1.13. The zero-order valence-electron chi connectivity index (χ0n) is 14.0. The summed E-state index contributed by atoms with van der Waals surface area (Å²) in [5.41, 5.74) is 0.511. The molecular weight excluding hydrogens is 329 g/mol. The van der Waals surface area contributed by atoms with Crippen LogP contribution < -0.4 is 4.90 Å². The Hall–Kier alpha value is -2.46. The highest BCUT2D eigenvalue weighted by molar-refractivity contribution is 7.19. The van der Waals surface area contributed by atoms with Gasteiger partial charge in [0.2, 0.25) is 0 Å². The largest absolute Gasteiger partial charge is 0.443 e. The van der Waals surface area contributed by atoms with Crippen LogP contribution in [0, 0.1) is 25.1 Å². The Bertz CT molecular complexity index is 790. The number of ether oxygens (including phenoxy) is 1. The average Bonchev–Trinajstić information content (AvgIpc) is 2.84. The molecule has 1 amide bonds. The molecule has 0 aliphatic carbocycles. The van der Waals surface area contributed by atoms with E-state index in [9.17, 15) is 9.18 Å². The molecular formula is C17H18FN3O2S. The molecule has 0 aromatic carbocycles. The van der Waals surface area contributed by atoms with Crippen molar-refractivity contribution in [2.75, 3.05) is 11.4 Å². The van der Waals surface area contributed by atoms with Gasteiger partial charge < -0.3 is 4.74 Å². The number of pyridine rings is 1. The van der Waals surface area contributed by atoms with Crippen molar-refractivity contribution in [3.8, 4) is 22.9 Å². The number of amides is 1. The SMILES string of the molecule is C#CCN(C(=O)OC(C)(C)C)c1sc(-c2cncc(F)c2)nc1C. The molecule has 5 nitrogen and oxygen atoms in total. The number of halogens is 1. The zero-order valence-corrected chi connectivity index (χ0v) is 14.8. The van der Waals surface area contributed by atoms with Crippen LogP contribution in [0.15, 0.2) is 18.5 Å². The molecule has 0 saturated heterocycles. The van der Waals surface area contributed by atoms with Gasteiger partial charge >= 0.3 is 6.09 Å². The Morgan fingerprint density at radius 1 is 1.46 bits per heavy atom. The van der Waals surface area contributed by atoms with Gasteiger partial charge in [0.25, 0.3) is 0 Å². The maximum absolute atomic E-state index is 13.4. The van der Waals surface area contributed by atoms with E-state index in [1.165, 1.54) is 28.5 Å². The molecule has 0 aliphatic rings. The predicted molar refractivity (Wildman–Crippen MR) is 92.5 cm³/mol. The van der Waals surface area contributed by atoms with E-state index in [2.05, 4.69) is 15.9 Å². The highest BCUT2D eigenvalue weighted by Crippen LogP contribution is 2.35. The molecule has 0 radical (unpaired) electrons. The second-order valence-corrected chi connectivity index (χ2v) is 7.05. The van der Waals surface area contributed by atoms with E-state index in [4.69, 9.17) is 11.2 Å². The summed E-state index contributed by atoms with van der Waals surface area (Å²) >= 11 is 1.24. The number of nitrogens with zero attached hydrogens (tertiary/aromatic N) is 3. The number of aromatic nitrogens is 2. The molecule has 0 N–H and O–H groups in total. The minimum absolute atomic E-state index is 0.0544. The van der Waals surface area contributed by atoms with E-state index < -0.39 is 17.5 Å². The van der Waals surface area contributed by atoms with Crippen LogP contribution in [-0.4, -0.2) is 28.2 Å². The minimum Gasteiger partial charge on any atom is -0.443 e. The third kappa shape index (κ3) is 4.30. The fourth-order valence-corrected chi connectivity index (χ4v) is 2.96. The van der Waals surface area contributed by atoms with Crippen LogP contribution in [0.1, 0.15) is 26.5 Å². The molecule has 7 heteroatoms. The summed E-state index contributed by atoms with van der Waals surface area (Å²) in [6.45, 7) is 7.15. The molecule has 2 heterocycles. The van der Waals surface area contributed by atoms with Crippen LogP contribution in [0.25, 0.3) is 10.6 Å². The van der Waals surface area contributed by atoms with E-state index in [-0.39, 0.29) is 6.54 Å². The van der Waals surface area contributed by atoms with Crippen molar-refractivity contribution in [3.05, 3.63) is 30.0 Å². The number of thiazole rings is 1. The van der Waals surface area contributed by atoms with Crippen LogP contribution in [0.2, 0.25) is 0 Å². The molecule has 0 fully saturated rings. The normalized spacial score (nSPS) is 11.0. The molecule has 24 heavy (non-hydrogen) atoms. The van der Waals surface area contributed by atoms with Crippen molar-refractivity contribution >= 4 is 22.4 Å². The third-order valence-electron chi connectivity index (χ3n) is 2.83. The summed E-state index contributed by atoms with van der Waals surface area (Å²) in [7, 11) is 0. The second kappa shape index (κ2) is 6.97. The van der Waals surface area contributed by atoms with Gasteiger partial charge in [-0.2, -0.15) is 0 Å². The molecule has 0 aliphatic heterocycles. The third-order valence-corrected chi connectivity index (χ3v) is 4.06. The number of terminal acetylenes is 1. The van der Waals surface area contributed by atoms with Gasteiger partial charge in [-0.3, -0.25) is 9.88 Å². The van der Waals surface area contributed by atoms with Crippen molar-refractivity contribution in [3.63, 3.8) is 0 Å². The summed E-state index contributed by atoms with van der Waals surface area (Å²) in [5.74, 6) is 2.00. The smallest absolute Gasteiger partial charge is 0.416 e. The fourth-order valence-electron chi connectivity index (χ4n) is 1.92. The number of hydrogen-bond acceptors (Lipinski definition) is 5. The molecule has 0 unspecified atom stereocenters. The lowest BCUT2D eigenvalue weighted by atomic mass is 10.2. The quantitative estimate of drug-likeness (QED) is 0.787. The highest BCUT2D eigenvalue weighted by Gasteiger charge is 2.26. The molecule has 126 valence electrons. The summed E-state index contributed by atoms with van der Waals surface area (Å²) in [6.07, 6.45) is 7.48. The van der Waals surface area contributed by atoms with Crippen LogP contribution in [-0.2, 0) is 4.74 Å². The van der Waals surface area contributed by atoms with Crippen LogP contribution >= 0.6 is 11.3 Å². The van der Waals surface area contributed by atoms with Crippen molar-refractivity contribution in [2.24, 2.45) is 0 Å². The summed E-state index contributed by atoms with van der Waals surface area (Å²) in [6, 6.07) is 1.34. The zero-order chi connectivity index (χ0) is 17.9. The number of aryl methyl sites for hydroxylation is 1. The van der Waals surface area contributed by atoms with Crippen molar-refractivity contribution in [1.29, 1.82) is 0 Å². The Labute approximate surface area is 144 Å². The average molecular weight is 347 g/mol. The Morgan fingerprint density at radius 3 is 2.75 bits per heavy atom. The van der Waals surface area contributed by atoms with E-state index in [1.807, 2.05) is 0 Å². The number of carbonyl (C=O) groups excluding carboxylic acids is 1. The van der Waals surface area contributed by atoms with Crippen molar-refractivity contribution < 1.29 is 13.9 Å². The monoisotopic (exact) mass is 347 g/mol. The first kappa shape index (κ1) is 17.9. The molecule has 0 spiro atoms.